The van der Waals surface area contributed by atoms with Crippen molar-refractivity contribution < 1.29 is 14.8 Å². The smallest absolute Gasteiger partial charge is 0.335 e. The van der Waals surface area contributed by atoms with Crippen molar-refractivity contribution in [2.24, 2.45) is 0 Å². The van der Waals surface area contributed by atoms with Gasteiger partial charge in [-0.3, -0.25) is 10.1 Å². The third-order valence-corrected chi connectivity index (χ3v) is 2.83. The van der Waals surface area contributed by atoms with E-state index in [2.05, 4.69) is 10.3 Å². The van der Waals surface area contributed by atoms with Crippen molar-refractivity contribution in [2.75, 3.05) is 5.32 Å². The average molecular weight is 308 g/mol. The predicted octanol–water partition coefficient (Wildman–Crippen LogP) is 2.95. The molecule has 1 heterocycles. The number of benzene rings is 1. The van der Waals surface area contributed by atoms with Crippen LogP contribution in [-0.4, -0.2) is 21.0 Å². The highest BCUT2D eigenvalue weighted by molar-refractivity contribution is 6.29. The number of aromatic nitrogens is 1. The number of non-ortho nitro benzene ring substituents is 1. The first kappa shape index (κ1) is 14.7. The van der Waals surface area contributed by atoms with Crippen molar-refractivity contribution >= 4 is 29.1 Å². The second-order valence-corrected chi connectivity index (χ2v) is 4.54. The zero-order valence-electron chi connectivity index (χ0n) is 10.6. The summed E-state index contributed by atoms with van der Waals surface area (Å²) < 4.78 is 0. The third kappa shape index (κ3) is 3.90. The van der Waals surface area contributed by atoms with E-state index in [1.165, 1.54) is 24.3 Å². The summed E-state index contributed by atoms with van der Waals surface area (Å²) in [5.41, 5.74) is 0.666. The molecule has 0 aliphatic carbocycles. The Morgan fingerprint density at radius 1 is 1.38 bits per heavy atom. The summed E-state index contributed by atoms with van der Waals surface area (Å²) in [6, 6.07) is 8.68. The quantitative estimate of drug-likeness (QED) is 0.500. The Morgan fingerprint density at radius 3 is 2.81 bits per heavy atom. The topological polar surface area (TPSA) is 105 Å². The molecule has 0 amide bonds. The van der Waals surface area contributed by atoms with Gasteiger partial charge in [0.15, 0.2) is 0 Å². The van der Waals surface area contributed by atoms with E-state index in [0.717, 1.165) is 0 Å². The number of nitro benzene ring substituents is 1. The van der Waals surface area contributed by atoms with E-state index in [1.807, 2.05) is 0 Å². The van der Waals surface area contributed by atoms with Gasteiger partial charge in [-0.15, -0.1) is 0 Å². The van der Waals surface area contributed by atoms with E-state index >= 15 is 0 Å². The third-order valence-electron chi connectivity index (χ3n) is 2.64. The van der Waals surface area contributed by atoms with E-state index in [1.54, 1.807) is 12.1 Å². The summed E-state index contributed by atoms with van der Waals surface area (Å²) in [5.74, 6) is -0.830. The molecule has 0 aliphatic heterocycles. The van der Waals surface area contributed by atoms with Gasteiger partial charge in [-0.2, -0.15) is 0 Å². The molecule has 0 saturated carbocycles. The van der Waals surface area contributed by atoms with E-state index in [-0.39, 0.29) is 28.8 Å². The van der Waals surface area contributed by atoms with E-state index < -0.39 is 10.9 Å². The van der Waals surface area contributed by atoms with Crippen molar-refractivity contribution in [1.29, 1.82) is 0 Å². The summed E-state index contributed by atoms with van der Waals surface area (Å²) in [6.45, 7) is 0.258. The lowest BCUT2D eigenvalue weighted by molar-refractivity contribution is -0.384. The van der Waals surface area contributed by atoms with Gasteiger partial charge < -0.3 is 10.4 Å². The van der Waals surface area contributed by atoms with Gasteiger partial charge in [-0.25, -0.2) is 9.78 Å². The maximum Gasteiger partial charge on any atom is 0.335 e. The first-order valence-electron chi connectivity index (χ1n) is 5.84. The molecule has 2 aromatic rings. The zero-order valence-corrected chi connectivity index (χ0v) is 11.4. The fourth-order valence-corrected chi connectivity index (χ4v) is 1.89. The van der Waals surface area contributed by atoms with Gasteiger partial charge in [0.2, 0.25) is 0 Å². The van der Waals surface area contributed by atoms with E-state index in [9.17, 15) is 14.9 Å². The number of anilines is 1. The minimum absolute atomic E-state index is 0.0107. The molecule has 0 saturated heterocycles. The summed E-state index contributed by atoms with van der Waals surface area (Å²) in [4.78, 5) is 25.1. The number of pyridine rings is 1. The van der Waals surface area contributed by atoms with Crippen LogP contribution in [0, 0.1) is 10.1 Å². The van der Waals surface area contributed by atoms with Crippen LogP contribution in [0.15, 0.2) is 36.4 Å². The van der Waals surface area contributed by atoms with Crippen LogP contribution in [0.1, 0.15) is 15.9 Å². The van der Waals surface area contributed by atoms with Gasteiger partial charge in [0.1, 0.15) is 11.0 Å². The maximum atomic E-state index is 10.9. The highest BCUT2D eigenvalue weighted by Gasteiger charge is 2.09. The number of aromatic carboxylic acids is 1. The van der Waals surface area contributed by atoms with Crippen LogP contribution in [0.3, 0.4) is 0 Å². The van der Waals surface area contributed by atoms with Crippen molar-refractivity contribution in [3.63, 3.8) is 0 Å². The molecular weight excluding hydrogens is 298 g/mol. The molecule has 0 unspecified atom stereocenters. The Hall–Kier alpha value is -2.67. The van der Waals surface area contributed by atoms with Gasteiger partial charge in [0.25, 0.3) is 5.69 Å². The monoisotopic (exact) mass is 307 g/mol. The Kier molecular flexibility index (Phi) is 4.34. The standard InChI is InChI=1S/C13H10ClN3O4/c14-11-5-9(13(18)19)6-12(16-11)15-7-8-2-1-3-10(4-8)17(20)21/h1-6H,7H2,(H,15,16)(H,18,19). The fraction of sp³-hybridized carbons (Fsp3) is 0.0769. The van der Waals surface area contributed by atoms with Crippen LogP contribution in [0.4, 0.5) is 11.5 Å². The number of nitro groups is 1. The lowest BCUT2D eigenvalue weighted by atomic mass is 10.2. The Balaban J connectivity index is 2.14. The molecule has 2 N–H and O–H groups in total. The first-order valence-corrected chi connectivity index (χ1v) is 6.21. The van der Waals surface area contributed by atoms with Gasteiger partial charge in [-0.05, 0) is 17.7 Å². The SMILES string of the molecule is O=C(O)c1cc(Cl)nc(NCc2cccc([N+](=O)[O-])c2)c1. The summed E-state index contributed by atoms with van der Waals surface area (Å²) in [6.07, 6.45) is 0. The van der Waals surface area contributed by atoms with Gasteiger partial charge in [0.05, 0.1) is 10.5 Å². The lowest BCUT2D eigenvalue weighted by Gasteiger charge is -2.07. The molecule has 0 spiro atoms. The van der Waals surface area contributed by atoms with Crippen molar-refractivity contribution in [3.8, 4) is 0 Å². The molecule has 0 aliphatic rings. The summed E-state index contributed by atoms with van der Waals surface area (Å²) in [7, 11) is 0. The zero-order chi connectivity index (χ0) is 15.4. The molecule has 0 fully saturated rings. The number of rotatable bonds is 5. The number of halogens is 1. The van der Waals surface area contributed by atoms with Crippen LogP contribution in [0.5, 0.6) is 0 Å². The number of carboxylic acid groups (broad SMARTS) is 1. The van der Waals surface area contributed by atoms with Crippen molar-refractivity contribution in [1.82, 2.24) is 4.98 Å². The van der Waals surface area contributed by atoms with E-state index in [0.29, 0.717) is 5.56 Å². The Bertz CT molecular complexity index is 706. The van der Waals surface area contributed by atoms with Crippen LogP contribution in [0.25, 0.3) is 0 Å². The first-order chi connectivity index (χ1) is 9.95. The van der Waals surface area contributed by atoms with Crippen LogP contribution in [-0.2, 0) is 6.54 Å². The van der Waals surface area contributed by atoms with Crippen LogP contribution in [0.2, 0.25) is 5.15 Å². The normalized spacial score (nSPS) is 10.1. The maximum absolute atomic E-state index is 10.9. The highest BCUT2D eigenvalue weighted by atomic mass is 35.5. The molecule has 21 heavy (non-hydrogen) atoms. The predicted molar refractivity (Wildman–Crippen MR) is 76.6 cm³/mol. The van der Waals surface area contributed by atoms with Crippen LogP contribution >= 0.6 is 11.6 Å². The van der Waals surface area contributed by atoms with Crippen LogP contribution < -0.4 is 5.32 Å². The fourth-order valence-electron chi connectivity index (χ4n) is 1.68. The molecule has 1 aromatic heterocycles. The largest absolute Gasteiger partial charge is 0.478 e. The number of hydrogen-bond donors (Lipinski definition) is 2. The van der Waals surface area contributed by atoms with Crippen molar-refractivity contribution in [3.05, 3.63) is 62.8 Å². The van der Waals surface area contributed by atoms with E-state index in [4.69, 9.17) is 16.7 Å². The van der Waals surface area contributed by atoms with Crippen molar-refractivity contribution in [2.45, 2.75) is 6.54 Å². The molecule has 8 heteroatoms. The lowest BCUT2D eigenvalue weighted by Crippen LogP contribution is -2.04. The number of carboxylic acids is 1. The molecule has 0 radical (unpaired) electrons. The molecular formula is C13H10ClN3O4. The second kappa shape index (κ2) is 6.19. The highest BCUT2D eigenvalue weighted by Crippen LogP contribution is 2.17. The minimum atomic E-state index is -1.11. The molecule has 2 rings (SSSR count). The second-order valence-electron chi connectivity index (χ2n) is 4.15. The number of nitrogens with one attached hydrogen (secondary N) is 1. The molecule has 0 atom stereocenters. The number of nitrogens with zero attached hydrogens (tertiary/aromatic N) is 2. The summed E-state index contributed by atoms with van der Waals surface area (Å²) >= 11 is 5.74. The summed E-state index contributed by atoms with van der Waals surface area (Å²) in [5, 5.41) is 22.5. The van der Waals surface area contributed by atoms with Gasteiger partial charge >= 0.3 is 5.97 Å². The molecule has 108 valence electrons. The molecule has 7 nitrogen and oxygen atoms in total. The Labute approximate surface area is 124 Å². The number of carbonyl (C=O) groups is 1. The minimum Gasteiger partial charge on any atom is -0.478 e. The van der Waals surface area contributed by atoms with Gasteiger partial charge in [-0.1, -0.05) is 23.7 Å². The molecule has 1 aromatic carbocycles. The van der Waals surface area contributed by atoms with Gasteiger partial charge in [0, 0.05) is 18.7 Å². The number of hydrogen-bond acceptors (Lipinski definition) is 5. The Morgan fingerprint density at radius 2 is 2.14 bits per heavy atom. The molecule has 0 bridgehead atoms. The average Bonchev–Trinajstić information content (AvgIpc) is 2.45.